The number of allylic oxidation sites excluding steroid dienone is 1. The van der Waals surface area contributed by atoms with Crippen LogP contribution in [-0.4, -0.2) is 94.4 Å². The summed E-state index contributed by atoms with van der Waals surface area (Å²) in [6, 6.07) is 25.5. The lowest BCUT2D eigenvalue weighted by atomic mass is 9.55. The normalized spacial score (nSPS) is 23.0. The second kappa shape index (κ2) is 22.1. The first-order valence-electron chi connectivity index (χ1n) is 23.5. The lowest BCUT2D eigenvalue weighted by Crippen LogP contribution is -2.70. The van der Waals surface area contributed by atoms with Crippen LogP contribution in [0, 0.1) is 45.0 Å². The Balaban J connectivity index is 1.33. The minimum Gasteiger partial charge on any atom is -0.492 e. The number of amides is 1. The number of aliphatic hydroxyl groups excluding tert-OH is 2. The molecule has 356 valence electrons. The zero-order valence-corrected chi connectivity index (χ0v) is 38.1. The molecule has 1 saturated heterocycles. The molecule has 0 aromatic heterocycles. The number of non-ortho nitro benzene ring substituents is 1. The highest BCUT2D eigenvalue weighted by molar-refractivity contribution is 6.03. The van der Waals surface area contributed by atoms with Gasteiger partial charge in [0.1, 0.15) is 36.6 Å². The second-order valence-electron chi connectivity index (χ2n) is 17.9. The molecule has 2 aliphatic heterocycles. The number of carbonyl (C=O) groups is 1. The summed E-state index contributed by atoms with van der Waals surface area (Å²) in [7, 11) is 0. The first-order valence-corrected chi connectivity index (χ1v) is 23.5. The van der Waals surface area contributed by atoms with Gasteiger partial charge in [-0.25, -0.2) is 4.39 Å². The summed E-state index contributed by atoms with van der Waals surface area (Å²) in [6.45, 7) is 7.60. The molecule has 8 rings (SSSR count). The van der Waals surface area contributed by atoms with Gasteiger partial charge in [-0.2, -0.15) is 5.26 Å². The zero-order valence-electron chi connectivity index (χ0n) is 38.1. The predicted molar refractivity (Wildman–Crippen MR) is 252 cm³/mol. The van der Waals surface area contributed by atoms with E-state index in [-0.39, 0.29) is 68.7 Å². The van der Waals surface area contributed by atoms with Crippen LogP contribution in [0.5, 0.6) is 11.5 Å². The lowest BCUT2D eigenvalue weighted by Gasteiger charge is -2.60. The average molecular weight is 928 g/mol. The van der Waals surface area contributed by atoms with E-state index < -0.39 is 28.5 Å². The van der Waals surface area contributed by atoms with Crippen LogP contribution < -0.4 is 9.47 Å². The molecule has 15 heteroatoms. The largest absolute Gasteiger partial charge is 0.492 e. The van der Waals surface area contributed by atoms with Crippen molar-refractivity contribution in [3.8, 4) is 17.6 Å². The Morgan fingerprint density at radius 1 is 1.00 bits per heavy atom. The fourth-order valence-electron chi connectivity index (χ4n) is 10.2. The minimum absolute atomic E-state index is 0.00369. The highest BCUT2D eigenvalue weighted by atomic mass is 19.1. The molecule has 0 unspecified atom stereocenters. The summed E-state index contributed by atoms with van der Waals surface area (Å²) < 4.78 is 35.4. The number of halogens is 1. The Morgan fingerprint density at radius 2 is 1.72 bits per heavy atom. The van der Waals surface area contributed by atoms with Crippen molar-refractivity contribution in [3.63, 3.8) is 0 Å². The number of hydrogen-bond acceptors (Lipinski definition) is 12. The monoisotopic (exact) mass is 927 g/mol. The van der Waals surface area contributed by atoms with E-state index in [9.17, 15) is 30.0 Å². The van der Waals surface area contributed by atoms with E-state index in [1.54, 1.807) is 59.5 Å². The molecule has 1 amide bonds. The second-order valence-corrected chi connectivity index (χ2v) is 17.9. The first-order chi connectivity index (χ1) is 33.2. The Hall–Kier alpha value is -6.44. The molecule has 2 fully saturated rings. The van der Waals surface area contributed by atoms with Gasteiger partial charge in [-0.1, -0.05) is 42.3 Å². The van der Waals surface area contributed by atoms with Gasteiger partial charge in [-0.3, -0.25) is 19.8 Å². The summed E-state index contributed by atoms with van der Waals surface area (Å²) >= 11 is 0. The van der Waals surface area contributed by atoms with E-state index in [0.717, 1.165) is 56.5 Å². The number of rotatable bonds is 23. The molecule has 14 nitrogen and oxygen atoms in total. The van der Waals surface area contributed by atoms with E-state index in [4.69, 9.17) is 24.2 Å². The summed E-state index contributed by atoms with van der Waals surface area (Å²) in [5.41, 5.74) is 4.25. The van der Waals surface area contributed by atoms with Gasteiger partial charge in [0, 0.05) is 75.0 Å². The molecule has 2 aliphatic carbocycles. The van der Waals surface area contributed by atoms with Crippen molar-refractivity contribution < 1.29 is 43.4 Å². The first kappa shape index (κ1) is 48.0. The third-order valence-corrected chi connectivity index (χ3v) is 13.6. The molecular formula is C53H58FN5O9. The molecule has 4 aliphatic rings. The fourth-order valence-corrected chi connectivity index (χ4v) is 10.2. The molecule has 68 heavy (non-hydrogen) atoms. The van der Waals surface area contributed by atoms with Crippen LogP contribution in [0.15, 0.2) is 120 Å². The van der Waals surface area contributed by atoms with Gasteiger partial charge >= 0.3 is 0 Å². The van der Waals surface area contributed by atoms with Gasteiger partial charge < -0.3 is 34.2 Å². The number of benzene rings is 4. The van der Waals surface area contributed by atoms with E-state index in [1.807, 2.05) is 12.1 Å². The summed E-state index contributed by atoms with van der Waals surface area (Å²) in [5, 5.41) is 46.0. The number of nitro groups is 1. The molecular weight excluding hydrogens is 870 g/mol. The maximum Gasteiger partial charge on any atom is 0.269 e. The summed E-state index contributed by atoms with van der Waals surface area (Å²) in [4.78, 5) is 36.5. The standard InChI is InChI=1S/C53H58FN5O9/c1-2-28-66-53-49(58(34-37-11-17-41(54)18-12-37)52(62)39-15-9-36(33-55)10-16-39)32-47(56-67-35-38-13-19-42(20-14-38)59(63)64)45-30-40(7-3-5-26-60)44(8-4-6-27-61)50(51(45)53)46-31-43(21-22-48(46)68-53)65-29-25-57-23-24-57/h2,9-22,30-31,40,44,49-51,60-61H,1,3-8,23-29,32,34-35H2/t40-,44+,49-,50+,51+,53+/m0/s1. The highest BCUT2D eigenvalue weighted by Crippen LogP contribution is 2.62. The highest BCUT2D eigenvalue weighted by Gasteiger charge is 2.65. The molecule has 6 atom stereocenters. The van der Waals surface area contributed by atoms with Crippen molar-refractivity contribution in [2.24, 2.45) is 22.9 Å². The van der Waals surface area contributed by atoms with Gasteiger partial charge in [0.15, 0.2) is 0 Å². The number of ether oxygens (including phenoxy) is 3. The third kappa shape index (κ3) is 10.8. The molecule has 2 heterocycles. The fraction of sp³-hybridized carbons (Fsp3) is 0.415. The number of nitriles is 1. The Morgan fingerprint density at radius 3 is 2.40 bits per heavy atom. The van der Waals surface area contributed by atoms with Gasteiger partial charge in [-0.05, 0) is 121 Å². The van der Waals surface area contributed by atoms with Gasteiger partial charge in [0.2, 0.25) is 5.79 Å². The minimum atomic E-state index is -1.58. The van der Waals surface area contributed by atoms with Crippen molar-refractivity contribution in [2.75, 3.05) is 46.1 Å². The summed E-state index contributed by atoms with van der Waals surface area (Å²) in [5.74, 6) is -2.09. The van der Waals surface area contributed by atoms with Crippen molar-refractivity contribution in [1.29, 1.82) is 5.26 Å². The van der Waals surface area contributed by atoms with Crippen LogP contribution in [-0.2, 0) is 22.7 Å². The van der Waals surface area contributed by atoms with Crippen LogP contribution >= 0.6 is 0 Å². The maximum atomic E-state index is 15.4. The smallest absolute Gasteiger partial charge is 0.269 e. The molecule has 1 saturated carbocycles. The number of nitrogens with zero attached hydrogens (tertiary/aromatic N) is 5. The van der Waals surface area contributed by atoms with Crippen molar-refractivity contribution >= 4 is 17.3 Å². The molecule has 0 bridgehead atoms. The van der Waals surface area contributed by atoms with E-state index in [1.165, 1.54) is 24.3 Å². The topological polar surface area (TPSA) is 180 Å². The lowest BCUT2D eigenvalue weighted by molar-refractivity contribution is -0.384. The average Bonchev–Trinajstić information content (AvgIpc) is 4.19. The molecule has 4 aromatic carbocycles. The number of oxime groups is 1. The summed E-state index contributed by atoms with van der Waals surface area (Å²) in [6.07, 6.45) is 8.21. The number of hydrogen-bond donors (Lipinski definition) is 2. The van der Waals surface area contributed by atoms with Crippen molar-refractivity contribution in [2.45, 2.75) is 75.8 Å². The number of carbonyl (C=O) groups excluding carboxylic acids is 1. The van der Waals surface area contributed by atoms with Crippen LogP contribution in [0.25, 0.3) is 0 Å². The van der Waals surface area contributed by atoms with Crippen LogP contribution in [0.4, 0.5) is 10.1 Å². The quantitative estimate of drug-likeness (QED) is 0.0240. The molecule has 0 radical (unpaired) electrons. The van der Waals surface area contributed by atoms with E-state index in [0.29, 0.717) is 58.9 Å². The van der Waals surface area contributed by atoms with E-state index >= 15 is 4.79 Å². The van der Waals surface area contributed by atoms with E-state index in [2.05, 4.69) is 29.7 Å². The van der Waals surface area contributed by atoms with Crippen LogP contribution in [0.1, 0.15) is 83.5 Å². The molecule has 4 aromatic rings. The Labute approximate surface area is 396 Å². The number of nitro benzene ring substituents is 1. The Bertz CT molecular complexity index is 2510. The van der Waals surface area contributed by atoms with Crippen LogP contribution in [0.2, 0.25) is 0 Å². The van der Waals surface area contributed by atoms with Gasteiger partial charge in [0.25, 0.3) is 11.6 Å². The predicted octanol–water partition coefficient (Wildman–Crippen LogP) is 8.48. The number of fused-ring (bicyclic) bond motifs is 2. The van der Waals surface area contributed by atoms with Crippen molar-refractivity contribution in [3.05, 3.63) is 159 Å². The van der Waals surface area contributed by atoms with Gasteiger partial charge in [0.05, 0.1) is 34.8 Å². The molecule has 0 spiro atoms. The maximum absolute atomic E-state index is 15.4. The SMILES string of the molecule is C=CCO[C@@]12Oc3ccc(OCCN4CC4)cc3[C@H]3[C@H](CCCCO)[C@@H](CCCCO)C=C(C(=NOCc4ccc([N+](=O)[O-])cc4)C[C@@H]1N(Cc1ccc(F)cc1)C(=O)c1ccc(C#N)cc1)[C@H]32. The Kier molecular flexibility index (Phi) is 15.6. The van der Waals surface area contributed by atoms with Crippen molar-refractivity contribution in [1.82, 2.24) is 9.80 Å². The number of unbranched alkanes of at least 4 members (excludes halogenated alkanes) is 2. The van der Waals surface area contributed by atoms with Gasteiger partial charge in [-0.15, -0.1) is 6.58 Å². The number of aliphatic hydroxyl groups is 2. The molecule has 2 N–H and O–H groups in total. The van der Waals surface area contributed by atoms with Crippen LogP contribution in [0.3, 0.4) is 0 Å². The zero-order chi connectivity index (χ0) is 47.6. The third-order valence-electron chi connectivity index (χ3n) is 13.6.